The summed E-state index contributed by atoms with van der Waals surface area (Å²) in [6.45, 7) is 14.3. The quantitative estimate of drug-likeness (QED) is 0.0690. The van der Waals surface area contributed by atoms with Crippen molar-refractivity contribution in [2.45, 2.75) is 116 Å². The van der Waals surface area contributed by atoms with Crippen molar-refractivity contribution in [1.82, 2.24) is 9.88 Å². The summed E-state index contributed by atoms with van der Waals surface area (Å²) in [7, 11) is 0. The van der Waals surface area contributed by atoms with E-state index in [1.807, 2.05) is 58.0 Å². The van der Waals surface area contributed by atoms with Crippen LogP contribution in [0.1, 0.15) is 101 Å². The predicted molar refractivity (Wildman–Crippen MR) is 228 cm³/mol. The molecule has 0 bridgehead atoms. The van der Waals surface area contributed by atoms with Gasteiger partial charge in [0.2, 0.25) is 5.79 Å². The van der Waals surface area contributed by atoms with Crippen LogP contribution in [0.3, 0.4) is 0 Å². The van der Waals surface area contributed by atoms with Gasteiger partial charge in [-0.3, -0.25) is 9.88 Å². The number of aliphatic hydroxyl groups is 2. The van der Waals surface area contributed by atoms with E-state index in [1.54, 1.807) is 30.0 Å². The third-order valence-electron chi connectivity index (χ3n) is 11.6. The third-order valence-corrected chi connectivity index (χ3v) is 11.6. The molecule has 1 aliphatic heterocycles. The Balaban J connectivity index is 1.59. The monoisotopic (exact) mass is 827 g/mol. The number of fused-ring (bicyclic) bond motifs is 2. The molecule has 2 N–H and O–H groups in total. The van der Waals surface area contributed by atoms with Crippen LogP contribution in [0, 0.1) is 30.5 Å². The lowest BCUT2D eigenvalue weighted by Crippen LogP contribution is -2.70. The lowest BCUT2D eigenvalue weighted by molar-refractivity contribution is -0.256. The number of carbonyl (C=O) groups excluding carboxylic acids is 1. The highest BCUT2D eigenvalue weighted by molar-refractivity contribution is 6.03. The van der Waals surface area contributed by atoms with Gasteiger partial charge in [-0.25, -0.2) is 9.18 Å². The van der Waals surface area contributed by atoms with Crippen LogP contribution in [0.25, 0.3) is 0 Å². The molecule has 6 atom stereocenters. The van der Waals surface area contributed by atoms with Crippen molar-refractivity contribution >= 4 is 11.8 Å². The number of unbranched alkanes of at least 4 members (excludes halogenated alkanes) is 2. The number of amides is 1. The molecule has 0 radical (unpaired) electrons. The Labute approximate surface area is 354 Å². The lowest BCUT2D eigenvalue weighted by Gasteiger charge is -2.60. The summed E-state index contributed by atoms with van der Waals surface area (Å²) in [5.74, 6) is -1.27. The minimum atomic E-state index is -1.48. The first kappa shape index (κ1) is 44.8. The second kappa shape index (κ2) is 20.2. The van der Waals surface area contributed by atoms with E-state index in [1.165, 1.54) is 12.1 Å². The van der Waals surface area contributed by atoms with Crippen LogP contribution in [0.4, 0.5) is 9.18 Å². The van der Waals surface area contributed by atoms with E-state index in [0.29, 0.717) is 35.6 Å². The number of hydrogen-bond acceptors (Lipinski definition) is 10. The largest absolute Gasteiger partial charge is 0.487 e. The second-order valence-electron chi connectivity index (χ2n) is 17.0. The van der Waals surface area contributed by atoms with Gasteiger partial charge in [0.25, 0.3) is 0 Å². The van der Waals surface area contributed by atoms with Gasteiger partial charge in [-0.15, -0.1) is 6.58 Å². The van der Waals surface area contributed by atoms with Gasteiger partial charge in [-0.2, -0.15) is 0 Å². The SMILES string of the molecule is C=CCO[C@@]12Oc3ccc(OCc4cccc(C)n4)cc3[C@H]3[C@H](CCCCO)[C@@H](CCCCO)C=C(C(=NOC(C)(C)C)C[C@@H]1N(Cc1ccc(F)cc1)C(=O)OCC)[C@H]32. The number of rotatable bonds is 19. The molecule has 1 fully saturated rings. The smallest absolute Gasteiger partial charge is 0.410 e. The fourth-order valence-electron chi connectivity index (χ4n) is 9.06. The Morgan fingerprint density at radius 3 is 2.50 bits per heavy atom. The number of aromatic nitrogens is 1. The Hall–Kier alpha value is -4.78. The standard InChI is InChI=1S/C48H62FN3O8/c1-7-26-58-48-43(52(46(55)56-8-2)30-33-18-20-35(49)21-19-33)29-41(51-60-47(4,5)6)39-27-34(15-9-11-24-53)38(17-10-12-25-54)44(45(39)48)40-28-37(22-23-42(40)59-48)57-31-36-16-13-14-32(3)50-36/h7,13-14,16,18-23,27-28,34,38,43-45,53-54H,1,8-12,15,17,24-26,29-31H2,2-6H3/t34-,38+,43-,44+,45+,48+/m0/s1. The second-order valence-corrected chi connectivity index (χ2v) is 17.0. The van der Waals surface area contributed by atoms with Gasteiger partial charge in [0.05, 0.1) is 30.5 Å². The first-order chi connectivity index (χ1) is 28.9. The first-order valence-electron chi connectivity index (χ1n) is 21.4. The number of aliphatic hydroxyl groups excluding tert-OH is 2. The summed E-state index contributed by atoms with van der Waals surface area (Å²) in [6, 6.07) is 17.0. The number of pyridine rings is 1. The maximum atomic E-state index is 14.4. The Bertz CT molecular complexity index is 1980. The van der Waals surface area contributed by atoms with Crippen molar-refractivity contribution in [3.8, 4) is 11.5 Å². The number of halogens is 1. The molecule has 6 rings (SSSR count). The molecular weight excluding hydrogens is 766 g/mol. The van der Waals surface area contributed by atoms with Crippen LogP contribution in [-0.4, -0.2) is 75.8 Å². The van der Waals surface area contributed by atoms with Crippen molar-refractivity contribution in [3.63, 3.8) is 0 Å². The molecule has 0 unspecified atom stereocenters. The molecule has 1 amide bonds. The van der Waals surface area contributed by atoms with Crippen LogP contribution in [0.15, 0.2) is 90.1 Å². The number of ether oxygens (including phenoxy) is 4. The zero-order valence-electron chi connectivity index (χ0n) is 35.8. The Kier molecular flexibility index (Phi) is 15.1. The summed E-state index contributed by atoms with van der Waals surface area (Å²) in [5, 5.41) is 24.7. The number of nitrogens with zero attached hydrogens (tertiary/aromatic N) is 3. The number of allylic oxidation sites excluding steroid dienone is 1. The lowest BCUT2D eigenvalue weighted by atomic mass is 9.55. The van der Waals surface area contributed by atoms with Crippen molar-refractivity contribution in [2.75, 3.05) is 26.4 Å². The summed E-state index contributed by atoms with van der Waals surface area (Å²) in [5.41, 5.74) is 4.32. The third kappa shape index (κ3) is 10.4. The number of aryl methyl sites for hydroxylation is 1. The summed E-state index contributed by atoms with van der Waals surface area (Å²) in [6.07, 6.45) is 8.13. The number of oxime groups is 1. The summed E-state index contributed by atoms with van der Waals surface area (Å²) >= 11 is 0. The van der Waals surface area contributed by atoms with Crippen molar-refractivity contribution in [3.05, 3.63) is 113 Å². The maximum absolute atomic E-state index is 14.4. The van der Waals surface area contributed by atoms with Crippen LogP contribution in [0.2, 0.25) is 0 Å². The maximum Gasteiger partial charge on any atom is 0.410 e. The highest BCUT2D eigenvalue weighted by Crippen LogP contribution is 2.62. The molecular formula is C48H62FN3O8. The number of carbonyl (C=O) groups is 1. The average molecular weight is 828 g/mol. The first-order valence-corrected chi connectivity index (χ1v) is 21.4. The Morgan fingerprint density at radius 1 is 1.07 bits per heavy atom. The molecule has 0 saturated heterocycles. The molecule has 2 aliphatic carbocycles. The van der Waals surface area contributed by atoms with Crippen molar-refractivity contribution in [2.24, 2.45) is 22.9 Å². The van der Waals surface area contributed by atoms with E-state index < -0.39 is 29.4 Å². The molecule has 1 aromatic heterocycles. The topological polar surface area (TPSA) is 132 Å². The predicted octanol–water partition coefficient (Wildman–Crippen LogP) is 9.20. The highest BCUT2D eigenvalue weighted by Gasteiger charge is 2.65. The number of benzene rings is 2. The zero-order chi connectivity index (χ0) is 42.9. The fraction of sp³-hybridized carbons (Fsp3) is 0.521. The van der Waals surface area contributed by atoms with Crippen LogP contribution >= 0.6 is 0 Å². The fourth-order valence-corrected chi connectivity index (χ4v) is 9.06. The van der Waals surface area contributed by atoms with Gasteiger partial charge in [-0.05, 0) is 126 Å². The molecule has 1 saturated carbocycles. The average Bonchev–Trinajstić information content (AvgIpc) is 3.22. The zero-order valence-corrected chi connectivity index (χ0v) is 35.8. The van der Waals surface area contributed by atoms with Gasteiger partial charge >= 0.3 is 6.09 Å². The van der Waals surface area contributed by atoms with E-state index >= 15 is 0 Å². The van der Waals surface area contributed by atoms with Crippen LogP contribution < -0.4 is 9.47 Å². The normalized spacial score (nSPS) is 23.8. The summed E-state index contributed by atoms with van der Waals surface area (Å²) < 4.78 is 40.8. The number of hydrogen-bond donors (Lipinski definition) is 2. The molecule has 324 valence electrons. The Morgan fingerprint density at radius 2 is 1.82 bits per heavy atom. The molecule has 3 aromatic rings. The molecule has 2 heterocycles. The van der Waals surface area contributed by atoms with Gasteiger partial charge in [0.1, 0.15) is 35.6 Å². The molecule has 60 heavy (non-hydrogen) atoms. The molecule has 11 nitrogen and oxygen atoms in total. The van der Waals surface area contributed by atoms with E-state index in [9.17, 15) is 19.4 Å². The molecule has 2 aromatic carbocycles. The molecule has 12 heteroatoms. The minimum Gasteiger partial charge on any atom is -0.487 e. The minimum absolute atomic E-state index is 0.0312. The summed E-state index contributed by atoms with van der Waals surface area (Å²) in [4.78, 5) is 26.8. The van der Waals surface area contributed by atoms with Crippen LogP contribution in [-0.2, 0) is 27.5 Å². The van der Waals surface area contributed by atoms with E-state index in [-0.39, 0.29) is 69.6 Å². The molecule has 0 spiro atoms. The van der Waals surface area contributed by atoms with Crippen molar-refractivity contribution in [1.29, 1.82) is 0 Å². The van der Waals surface area contributed by atoms with Crippen LogP contribution in [0.5, 0.6) is 11.5 Å². The van der Waals surface area contributed by atoms with E-state index in [2.05, 4.69) is 23.7 Å². The van der Waals surface area contributed by atoms with Gasteiger partial charge in [-0.1, -0.05) is 48.3 Å². The van der Waals surface area contributed by atoms with Gasteiger partial charge < -0.3 is 34.0 Å². The van der Waals surface area contributed by atoms with E-state index in [4.69, 9.17) is 28.9 Å². The van der Waals surface area contributed by atoms with Gasteiger partial charge in [0, 0.05) is 43.4 Å². The highest BCUT2D eigenvalue weighted by atomic mass is 19.1. The van der Waals surface area contributed by atoms with E-state index in [0.717, 1.165) is 48.2 Å². The van der Waals surface area contributed by atoms with Crippen molar-refractivity contribution < 1.29 is 43.2 Å². The molecule has 3 aliphatic rings. The van der Waals surface area contributed by atoms with Gasteiger partial charge in [0.15, 0.2) is 0 Å².